The van der Waals surface area contributed by atoms with Crippen LogP contribution in [0.3, 0.4) is 0 Å². The van der Waals surface area contributed by atoms with E-state index in [1.165, 1.54) is 19.3 Å². The van der Waals surface area contributed by atoms with Crippen LogP contribution in [0.15, 0.2) is 0 Å². The average Bonchev–Trinajstić information content (AvgIpc) is 3.27. The molecule has 0 aromatic heterocycles. The van der Waals surface area contributed by atoms with E-state index < -0.39 is 5.54 Å². The van der Waals surface area contributed by atoms with Crippen molar-refractivity contribution in [3.05, 3.63) is 0 Å². The Balaban J connectivity index is 2.40. The van der Waals surface area contributed by atoms with Crippen molar-refractivity contribution in [3.8, 4) is 0 Å². The number of unbranched alkanes of at least 4 members (excludes halogenated alkanes) is 1. The van der Waals surface area contributed by atoms with Crippen molar-refractivity contribution < 1.29 is 14.3 Å². The average molecular weight is 285 g/mol. The minimum atomic E-state index is -0.931. The quantitative estimate of drug-likeness (QED) is 0.593. The van der Waals surface area contributed by atoms with E-state index in [0.717, 1.165) is 19.3 Å². The van der Waals surface area contributed by atoms with Gasteiger partial charge in [-0.2, -0.15) is 0 Å². The van der Waals surface area contributed by atoms with Gasteiger partial charge in [-0.1, -0.05) is 33.1 Å². The van der Waals surface area contributed by atoms with Crippen LogP contribution in [0, 0.1) is 11.8 Å². The van der Waals surface area contributed by atoms with Crippen LogP contribution in [-0.2, 0) is 14.3 Å². The molecule has 4 heteroatoms. The Hall–Kier alpha value is -0.610. The van der Waals surface area contributed by atoms with Crippen LogP contribution in [0.2, 0.25) is 0 Å². The standard InChI is InChI=1S/C16H31NO3/c1-4-7-8-13(5-2)11-19-12-16(17,14-9-10-14)15(18)20-6-3/h13-14H,4-12,17H2,1-3H3. The molecule has 0 heterocycles. The van der Waals surface area contributed by atoms with Gasteiger partial charge in [0.2, 0.25) is 0 Å². The third-order valence-corrected chi connectivity index (χ3v) is 4.20. The summed E-state index contributed by atoms with van der Waals surface area (Å²) in [5.74, 6) is 0.502. The fourth-order valence-electron chi connectivity index (χ4n) is 2.50. The van der Waals surface area contributed by atoms with E-state index in [1.54, 1.807) is 0 Å². The summed E-state index contributed by atoms with van der Waals surface area (Å²) in [6.45, 7) is 7.56. The van der Waals surface area contributed by atoms with Gasteiger partial charge in [-0.05, 0) is 38.0 Å². The molecule has 20 heavy (non-hydrogen) atoms. The maximum Gasteiger partial charge on any atom is 0.328 e. The molecule has 2 unspecified atom stereocenters. The monoisotopic (exact) mass is 285 g/mol. The summed E-state index contributed by atoms with van der Waals surface area (Å²) >= 11 is 0. The Kier molecular flexibility index (Phi) is 7.52. The third kappa shape index (κ3) is 5.06. The van der Waals surface area contributed by atoms with E-state index in [-0.39, 0.29) is 11.9 Å². The molecule has 0 spiro atoms. The number of rotatable bonds is 11. The van der Waals surface area contributed by atoms with Gasteiger partial charge in [0.25, 0.3) is 0 Å². The topological polar surface area (TPSA) is 61.5 Å². The number of esters is 1. The van der Waals surface area contributed by atoms with Gasteiger partial charge in [-0.3, -0.25) is 0 Å². The van der Waals surface area contributed by atoms with Crippen LogP contribution >= 0.6 is 0 Å². The normalized spacial score (nSPS) is 19.4. The molecule has 0 bridgehead atoms. The van der Waals surface area contributed by atoms with Crippen LogP contribution in [0.5, 0.6) is 0 Å². The van der Waals surface area contributed by atoms with E-state index in [4.69, 9.17) is 15.2 Å². The molecule has 118 valence electrons. The Bertz CT molecular complexity index is 291. The third-order valence-electron chi connectivity index (χ3n) is 4.20. The molecule has 1 aliphatic carbocycles. The molecule has 2 N–H and O–H groups in total. The highest BCUT2D eigenvalue weighted by molar-refractivity contribution is 5.81. The first-order valence-electron chi connectivity index (χ1n) is 8.12. The van der Waals surface area contributed by atoms with Gasteiger partial charge in [0.05, 0.1) is 13.2 Å². The van der Waals surface area contributed by atoms with Crippen LogP contribution in [0.4, 0.5) is 0 Å². The number of hydrogen-bond donors (Lipinski definition) is 1. The fraction of sp³-hybridized carbons (Fsp3) is 0.938. The molecule has 1 aliphatic rings. The van der Waals surface area contributed by atoms with Crippen molar-refractivity contribution >= 4 is 5.97 Å². The summed E-state index contributed by atoms with van der Waals surface area (Å²) in [5, 5.41) is 0. The van der Waals surface area contributed by atoms with E-state index in [1.807, 2.05) is 6.92 Å². The van der Waals surface area contributed by atoms with Gasteiger partial charge in [-0.15, -0.1) is 0 Å². The van der Waals surface area contributed by atoms with Crippen molar-refractivity contribution in [1.29, 1.82) is 0 Å². The second kappa shape index (κ2) is 8.63. The summed E-state index contributed by atoms with van der Waals surface area (Å²) in [7, 11) is 0. The minimum Gasteiger partial charge on any atom is -0.465 e. The highest BCUT2D eigenvalue weighted by Gasteiger charge is 2.49. The molecule has 0 aromatic rings. The lowest BCUT2D eigenvalue weighted by molar-refractivity contribution is -0.153. The molecule has 0 saturated heterocycles. The highest BCUT2D eigenvalue weighted by Crippen LogP contribution is 2.39. The first-order chi connectivity index (χ1) is 9.58. The lowest BCUT2D eigenvalue weighted by Gasteiger charge is -2.27. The summed E-state index contributed by atoms with van der Waals surface area (Å²) < 4.78 is 10.9. The van der Waals surface area contributed by atoms with Gasteiger partial charge in [-0.25, -0.2) is 4.79 Å². The number of carbonyl (C=O) groups excluding carboxylic acids is 1. The first-order valence-corrected chi connectivity index (χ1v) is 8.12. The van der Waals surface area contributed by atoms with Crippen molar-refractivity contribution in [3.63, 3.8) is 0 Å². The largest absolute Gasteiger partial charge is 0.465 e. The van der Waals surface area contributed by atoms with Crippen LogP contribution in [0.1, 0.15) is 59.3 Å². The first kappa shape index (κ1) is 17.4. The van der Waals surface area contributed by atoms with E-state index in [2.05, 4.69) is 13.8 Å². The van der Waals surface area contributed by atoms with Crippen LogP contribution < -0.4 is 5.73 Å². The lowest BCUT2D eigenvalue weighted by Crippen LogP contribution is -2.55. The molecular formula is C16H31NO3. The summed E-state index contributed by atoms with van der Waals surface area (Å²) in [6.07, 6.45) is 6.75. The molecule has 0 radical (unpaired) electrons. The van der Waals surface area contributed by atoms with Gasteiger partial charge in [0, 0.05) is 6.61 Å². The zero-order valence-corrected chi connectivity index (χ0v) is 13.3. The van der Waals surface area contributed by atoms with Gasteiger partial charge in [0.1, 0.15) is 5.54 Å². The summed E-state index contributed by atoms with van der Waals surface area (Å²) in [6, 6.07) is 0. The molecule has 1 fully saturated rings. The maximum atomic E-state index is 12.0. The Morgan fingerprint density at radius 1 is 1.35 bits per heavy atom. The molecule has 0 amide bonds. The minimum absolute atomic E-state index is 0.234. The van der Waals surface area contributed by atoms with Gasteiger partial charge >= 0.3 is 5.97 Å². The van der Waals surface area contributed by atoms with E-state index >= 15 is 0 Å². The SMILES string of the molecule is CCCCC(CC)COCC(N)(C(=O)OCC)C1CC1. The summed E-state index contributed by atoms with van der Waals surface area (Å²) in [5.41, 5.74) is 5.33. The highest BCUT2D eigenvalue weighted by atomic mass is 16.5. The van der Waals surface area contributed by atoms with Gasteiger partial charge in [0.15, 0.2) is 0 Å². The fourth-order valence-corrected chi connectivity index (χ4v) is 2.50. The molecule has 0 aliphatic heterocycles. The van der Waals surface area contributed by atoms with Crippen LogP contribution in [0.25, 0.3) is 0 Å². The molecule has 4 nitrogen and oxygen atoms in total. The molecule has 0 aromatic carbocycles. The van der Waals surface area contributed by atoms with Crippen molar-refractivity contribution in [2.45, 2.75) is 64.8 Å². The Labute approximate surface area is 123 Å². The Morgan fingerprint density at radius 2 is 2.05 bits per heavy atom. The molecular weight excluding hydrogens is 254 g/mol. The number of carbonyl (C=O) groups is 1. The second-order valence-corrected chi connectivity index (χ2v) is 5.97. The smallest absolute Gasteiger partial charge is 0.328 e. The summed E-state index contributed by atoms with van der Waals surface area (Å²) in [4.78, 5) is 12.0. The van der Waals surface area contributed by atoms with E-state index in [0.29, 0.717) is 25.7 Å². The number of ether oxygens (including phenoxy) is 2. The molecule has 1 rings (SSSR count). The molecule has 1 saturated carbocycles. The predicted octanol–water partition coefficient (Wildman–Crippen LogP) is 2.89. The zero-order chi connectivity index (χ0) is 15.0. The predicted molar refractivity (Wildman–Crippen MR) is 80.4 cm³/mol. The zero-order valence-electron chi connectivity index (χ0n) is 13.3. The Morgan fingerprint density at radius 3 is 2.55 bits per heavy atom. The maximum absolute atomic E-state index is 12.0. The van der Waals surface area contributed by atoms with Crippen molar-refractivity contribution in [2.75, 3.05) is 19.8 Å². The van der Waals surface area contributed by atoms with Crippen molar-refractivity contribution in [2.24, 2.45) is 17.6 Å². The van der Waals surface area contributed by atoms with E-state index in [9.17, 15) is 4.79 Å². The number of hydrogen-bond acceptors (Lipinski definition) is 4. The molecule has 2 atom stereocenters. The lowest BCUT2D eigenvalue weighted by atomic mass is 9.95. The van der Waals surface area contributed by atoms with Crippen LogP contribution in [-0.4, -0.2) is 31.3 Å². The second-order valence-electron chi connectivity index (χ2n) is 5.97. The van der Waals surface area contributed by atoms with Gasteiger partial charge < -0.3 is 15.2 Å². The number of nitrogens with two attached hydrogens (primary N) is 1. The van der Waals surface area contributed by atoms with Crippen molar-refractivity contribution in [1.82, 2.24) is 0 Å².